The quantitative estimate of drug-likeness (QED) is 0.864. The maximum atomic E-state index is 8.90. The molecule has 120 valence electrons. The SMILES string of the molecule is CC(C)n1cnnc1C1CCN(c2ncc(C#N)cc2Cl)CC1. The van der Waals surface area contributed by atoms with Crippen LogP contribution in [0.5, 0.6) is 0 Å². The summed E-state index contributed by atoms with van der Waals surface area (Å²) in [5, 5.41) is 17.8. The molecule has 0 N–H and O–H groups in total. The third-order valence-electron chi connectivity index (χ3n) is 4.27. The molecule has 6 nitrogen and oxygen atoms in total. The van der Waals surface area contributed by atoms with Crippen molar-refractivity contribution in [3.63, 3.8) is 0 Å². The van der Waals surface area contributed by atoms with Crippen LogP contribution in [-0.4, -0.2) is 32.8 Å². The molecule has 2 aromatic rings. The number of anilines is 1. The molecule has 1 saturated heterocycles. The van der Waals surface area contributed by atoms with Gasteiger partial charge in [-0.25, -0.2) is 4.98 Å². The van der Waals surface area contributed by atoms with Crippen LogP contribution in [0.15, 0.2) is 18.6 Å². The highest BCUT2D eigenvalue weighted by Gasteiger charge is 2.26. The van der Waals surface area contributed by atoms with Crippen molar-refractivity contribution >= 4 is 17.4 Å². The summed E-state index contributed by atoms with van der Waals surface area (Å²) in [6, 6.07) is 4.10. The molecule has 1 aliphatic heterocycles. The number of halogens is 1. The molecule has 2 aromatic heterocycles. The summed E-state index contributed by atoms with van der Waals surface area (Å²) in [6.45, 7) is 6.02. The van der Waals surface area contributed by atoms with Crippen LogP contribution >= 0.6 is 11.6 Å². The molecule has 1 fully saturated rings. The normalized spacial score (nSPS) is 15.9. The molecule has 0 bridgehead atoms. The molecule has 0 spiro atoms. The van der Waals surface area contributed by atoms with Crippen LogP contribution in [0.3, 0.4) is 0 Å². The van der Waals surface area contributed by atoms with E-state index in [1.807, 2.05) is 6.33 Å². The molecule has 3 heterocycles. The van der Waals surface area contributed by atoms with Crippen molar-refractivity contribution in [3.05, 3.63) is 35.0 Å². The first-order valence-corrected chi connectivity index (χ1v) is 8.18. The number of piperidine rings is 1. The molecule has 0 aliphatic carbocycles. The highest BCUT2D eigenvalue weighted by molar-refractivity contribution is 6.33. The van der Waals surface area contributed by atoms with Gasteiger partial charge in [-0.15, -0.1) is 10.2 Å². The molecule has 23 heavy (non-hydrogen) atoms. The van der Waals surface area contributed by atoms with Gasteiger partial charge < -0.3 is 9.47 Å². The molecular weight excluding hydrogens is 312 g/mol. The summed E-state index contributed by atoms with van der Waals surface area (Å²) in [5.41, 5.74) is 0.485. The molecule has 0 amide bonds. The number of nitriles is 1. The van der Waals surface area contributed by atoms with Gasteiger partial charge in [0.25, 0.3) is 0 Å². The minimum atomic E-state index is 0.368. The summed E-state index contributed by atoms with van der Waals surface area (Å²) in [4.78, 5) is 6.52. The Morgan fingerprint density at radius 1 is 1.35 bits per heavy atom. The molecular formula is C16H19ClN6. The topological polar surface area (TPSA) is 70.6 Å². The van der Waals surface area contributed by atoms with E-state index in [0.717, 1.165) is 37.6 Å². The van der Waals surface area contributed by atoms with E-state index in [9.17, 15) is 0 Å². The predicted molar refractivity (Wildman–Crippen MR) is 88.6 cm³/mol. The summed E-state index contributed by atoms with van der Waals surface area (Å²) >= 11 is 6.26. The number of aromatic nitrogens is 4. The molecule has 7 heteroatoms. The standard InChI is InChI=1S/C16H19ClN6/c1-11(2)23-10-20-21-15(23)13-3-5-22(6-4-13)16-14(17)7-12(8-18)9-19-16/h7,9-11,13H,3-6H2,1-2H3. The number of hydrogen-bond donors (Lipinski definition) is 0. The fraction of sp³-hybridized carbons (Fsp3) is 0.500. The largest absolute Gasteiger partial charge is 0.355 e. The fourth-order valence-corrected chi connectivity index (χ4v) is 3.30. The number of nitrogens with zero attached hydrogens (tertiary/aromatic N) is 6. The first-order chi connectivity index (χ1) is 11.1. The fourth-order valence-electron chi connectivity index (χ4n) is 3.02. The van der Waals surface area contributed by atoms with E-state index in [2.05, 4.69) is 44.6 Å². The Kier molecular flexibility index (Phi) is 4.49. The van der Waals surface area contributed by atoms with Crippen LogP contribution in [0.4, 0.5) is 5.82 Å². The van der Waals surface area contributed by atoms with Crippen LogP contribution in [-0.2, 0) is 0 Å². The van der Waals surface area contributed by atoms with Crippen molar-refractivity contribution in [2.45, 2.75) is 38.6 Å². The summed E-state index contributed by atoms with van der Waals surface area (Å²) in [7, 11) is 0. The lowest BCUT2D eigenvalue weighted by molar-refractivity contribution is 0.448. The lowest BCUT2D eigenvalue weighted by Crippen LogP contribution is -2.34. The average Bonchev–Trinajstić information content (AvgIpc) is 3.05. The lowest BCUT2D eigenvalue weighted by atomic mass is 9.95. The Balaban J connectivity index is 1.71. The van der Waals surface area contributed by atoms with E-state index in [4.69, 9.17) is 16.9 Å². The number of pyridine rings is 1. The van der Waals surface area contributed by atoms with E-state index in [1.54, 1.807) is 12.3 Å². The zero-order chi connectivity index (χ0) is 16.4. The first kappa shape index (κ1) is 15.8. The van der Waals surface area contributed by atoms with Crippen molar-refractivity contribution in [2.75, 3.05) is 18.0 Å². The molecule has 1 aliphatic rings. The lowest BCUT2D eigenvalue weighted by Gasteiger charge is -2.33. The van der Waals surface area contributed by atoms with Crippen molar-refractivity contribution in [1.29, 1.82) is 5.26 Å². The zero-order valence-electron chi connectivity index (χ0n) is 13.3. The minimum Gasteiger partial charge on any atom is -0.355 e. The summed E-state index contributed by atoms with van der Waals surface area (Å²) in [5.74, 6) is 2.24. The Bertz CT molecular complexity index is 724. The Morgan fingerprint density at radius 2 is 2.09 bits per heavy atom. The van der Waals surface area contributed by atoms with Gasteiger partial charge in [0.2, 0.25) is 0 Å². The van der Waals surface area contributed by atoms with Crippen LogP contribution in [0.2, 0.25) is 5.02 Å². The van der Waals surface area contributed by atoms with E-state index in [1.165, 1.54) is 0 Å². The molecule has 0 aromatic carbocycles. The zero-order valence-corrected chi connectivity index (χ0v) is 14.0. The van der Waals surface area contributed by atoms with Crippen LogP contribution in [0.25, 0.3) is 0 Å². The average molecular weight is 331 g/mol. The van der Waals surface area contributed by atoms with Gasteiger partial charge in [0.15, 0.2) is 0 Å². The Hall–Kier alpha value is -2.13. The highest BCUT2D eigenvalue weighted by Crippen LogP contribution is 2.32. The Labute approximate surface area is 140 Å². The maximum absolute atomic E-state index is 8.90. The smallest absolute Gasteiger partial charge is 0.147 e. The van der Waals surface area contributed by atoms with Gasteiger partial charge in [-0.3, -0.25) is 0 Å². The molecule has 0 radical (unpaired) electrons. The first-order valence-electron chi connectivity index (χ1n) is 7.80. The van der Waals surface area contributed by atoms with E-state index in [-0.39, 0.29) is 0 Å². The molecule has 0 atom stereocenters. The summed E-state index contributed by atoms with van der Waals surface area (Å²) in [6.07, 6.45) is 5.36. The van der Waals surface area contributed by atoms with E-state index in [0.29, 0.717) is 22.5 Å². The van der Waals surface area contributed by atoms with Crippen molar-refractivity contribution < 1.29 is 0 Å². The van der Waals surface area contributed by atoms with Gasteiger partial charge in [-0.05, 0) is 32.8 Å². The van der Waals surface area contributed by atoms with Crippen LogP contribution < -0.4 is 4.90 Å². The van der Waals surface area contributed by atoms with Crippen LogP contribution in [0, 0.1) is 11.3 Å². The second kappa shape index (κ2) is 6.55. The van der Waals surface area contributed by atoms with Gasteiger partial charge in [-0.1, -0.05) is 11.6 Å². The van der Waals surface area contributed by atoms with E-state index >= 15 is 0 Å². The predicted octanol–water partition coefficient (Wildman–Crippen LogP) is 3.16. The van der Waals surface area contributed by atoms with Crippen molar-refractivity contribution in [2.24, 2.45) is 0 Å². The second-order valence-corrected chi connectivity index (χ2v) is 6.50. The number of hydrogen-bond acceptors (Lipinski definition) is 5. The maximum Gasteiger partial charge on any atom is 0.147 e. The van der Waals surface area contributed by atoms with Gasteiger partial charge in [0, 0.05) is 31.2 Å². The molecule has 0 unspecified atom stereocenters. The molecule has 3 rings (SSSR count). The third-order valence-corrected chi connectivity index (χ3v) is 4.55. The number of rotatable bonds is 3. The van der Waals surface area contributed by atoms with Gasteiger partial charge in [0.1, 0.15) is 24.0 Å². The van der Waals surface area contributed by atoms with Gasteiger partial charge in [-0.2, -0.15) is 5.26 Å². The van der Waals surface area contributed by atoms with Gasteiger partial charge in [0.05, 0.1) is 10.6 Å². The van der Waals surface area contributed by atoms with Crippen LogP contribution in [0.1, 0.15) is 50.0 Å². The Morgan fingerprint density at radius 3 is 2.70 bits per heavy atom. The van der Waals surface area contributed by atoms with Crippen molar-refractivity contribution in [1.82, 2.24) is 19.7 Å². The van der Waals surface area contributed by atoms with E-state index < -0.39 is 0 Å². The third kappa shape index (κ3) is 3.15. The second-order valence-electron chi connectivity index (χ2n) is 6.09. The molecule has 0 saturated carbocycles. The summed E-state index contributed by atoms with van der Waals surface area (Å²) < 4.78 is 2.15. The highest BCUT2D eigenvalue weighted by atomic mass is 35.5. The minimum absolute atomic E-state index is 0.368. The monoisotopic (exact) mass is 330 g/mol. The van der Waals surface area contributed by atoms with Crippen molar-refractivity contribution in [3.8, 4) is 6.07 Å². The van der Waals surface area contributed by atoms with Gasteiger partial charge >= 0.3 is 0 Å².